The maximum absolute atomic E-state index is 13.1. The van der Waals surface area contributed by atoms with Gasteiger partial charge in [0.25, 0.3) is 5.91 Å². The van der Waals surface area contributed by atoms with Crippen LogP contribution in [0, 0.1) is 6.92 Å². The Morgan fingerprint density at radius 3 is 2.51 bits per heavy atom. The van der Waals surface area contributed by atoms with Gasteiger partial charge in [0.15, 0.2) is 0 Å². The average Bonchev–Trinajstić information content (AvgIpc) is 3.56. The molecule has 35 heavy (non-hydrogen) atoms. The molecule has 8 nitrogen and oxygen atoms in total. The molecule has 0 aliphatic rings. The Morgan fingerprint density at radius 2 is 1.80 bits per heavy atom. The minimum atomic E-state index is -0.0955. The summed E-state index contributed by atoms with van der Waals surface area (Å²) in [5, 5.41) is 4.14. The number of pyridine rings is 1. The number of rotatable bonds is 7. The molecule has 3 heterocycles. The van der Waals surface area contributed by atoms with Gasteiger partial charge in [0, 0.05) is 25.0 Å². The number of ether oxygens (including phenoxy) is 1. The Hall–Kier alpha value is -4.46. The van der Waals surface area contributed by atoms with E-state index in [1.54, 1.807) is 28.0 Å². The van der Waals surface area contributed by atoms with E-state index >= 15 is 0 Å². The number of aryl methyl sites for hydroxylation is 1. The number of hydrogen-bond donors (Lipinski definition) is 0. The number of aromatic nitrogens is 5. The number of imidazole rings is 1. The van der Waals surface area contributed by atoms with Gasteiger partial charge in [-0.15, -0.1) is 0 Å². The Morgan fingerprint density at radius 1 is 1.03 bits per heavy atom. The van der Waals surface area contributed by atoms with E-state index in [2.05, 4.69) is 15.1 Å². The van der Waals surface area contributed by atoms with Gasteiger partial charge >= 0.3 is 0 Å². The number of carbonyl (C=O) groups excluding carboxylic acids is 1. The largest absolute Gasteiger partial charge is 0.487 e. The summed E-state index contributed by atoms with van der Waals surface area (Å²) in [6, 6.07) is 19.1. The molecule has 0 saturated carbocycles. The van der Waals surface area contributed by atoms with Gasteiger partial charge < -0.3 is 14.0 Å². The first-order chi connectivity index (χ1) is 17.0. The van der Waals surface area contributed by atoms with Crippen LogP contribution >= 0.6 is 0 Å². The lowest BCUT2D eigenvalue weighted by atomic mass is 10.1. The molecule has 0 fully saturated rings. The van der Waals surface area contributed by atoms with Crippen LogP contribution in [0.2, 0.25) is 0 Å². The van der Waals surface area contributed by atoms with Crippen molar-refractivity contribution in [2.75, 3.05) is 7.05 Å². The SMILES string of the molecule is Cc1ccc2nc(COc3ccc(C(=O)N(C)C(C)c4ccc(-n5cncn5)cc4)cc3)cn2c1. The van der Waals surface area contributed by atoms with E-state index in [0.717, 1.165) is 22.6 Å². The summed E-state index contributed by atoms with van der Waals surface area (Å²) in [5.74, 6) is 0.634. The second kappa shape index (κ2) is 9.42. The highest BCUT2D eigenvalue weighted by molar-refractivity contribution is 5.94. The van der Waals surface area contributed by atoms with E-state index in [1.807, 2.05) is 86.2 Å². The van der Waals surface area contributed by atoms with Crippen LogP contribution < -0.4 is 4.74 Å². The second-order valence-electron chi connectivity index (χ2n) is 8.54. The Kier molecular flexibility index (Phi) is 6.01. The van der Waals surface area contributed by atoms with Crippen LogP contribution in [0.3, 0.4) is 0 Å². The van der Waals surface area contributed by atoms with Crippen LogP contribution in [0.15, 0.2) is 85.7 Å². The van der Waals surface area contributed by atoms with Crippen LogP contribution in [-0.2, 0) is 6.61 Å². The van der Waals surface area contributed by atoms with Gasteiger partial charge in [-0.2, -0.15) is 5.10 Å². The molecule has 1 amide bonds. The van der Waals surface area contributed by atoms with Gasteiger partial charge in [-0.25, -0.2) is 14.6 Å². The summed E-state index contributed by atoms with van der Waals surface area (Å²) < 4.78 is 9.59. The van der Waals surface area contributed by atoms with Crippen LogP contribution in [0.5, 0.6) is 5.75 Å². The molecule has 0 saturated heterocycles. The molecule has 8 heteroatoms. The van der Waals surface area contributed by atoms with Crippen molar-refractivity contribution >= 4 is 11.6 Å². The van der Waals surface area contributed by atoms with Crippen molar-refractivity contribution in [1.82, 2.24) is 29.0 Å². The number of carbonyl (C=O) groups is 1. The highest BCUT2D eigenvalue weighted by Crippen LogP contribution is 2.23. The van der Waals surface area contributed by atoms with Crippen molar-refractivity contribution in [3.05, 3.63) is 108 Å². The molecule has 0 aliphatic heterocycles. The minimum Gasteiger partial charge on any atom is -0.487 e. The van der Waals surface area contributed by atoms with Gasteiger partial charge in [0.05, 0.1) is 17.4 Å². The fraction of sp³-hybridized carbons (Fsp3) is 0.185. The summed E-state index contributed by atoms with van der Waals surface area (Å²) in [6.45, 7) is 4.42. The third-order valence-electron chi connectivity index (χ3n) is 6.10. The Labute approximate surface area is 203 Å². The molecule has 176 valence electrons. The molecule has 5 aromatic rings. The van der Waals surface area contributed by atoms with Gasteiger partial charge in [-0.3, -0.25) is 4.79 Å². The van der Waals surface area contributed by atoms with Crippen LogP contribution in [-0.4, -0.2) is 42.0 Å². The summed E-state index contributed by atoms with van der Waals surface area (Å²) in [7, 11) is 1.81. The Balaban J connectivity index is 1.21. The van der Waals surface area contributed by atoms with Crippen molar-refractivity contribution in [3.63, 3.8) is 0 Å². The zero-order valence-electron chi connectivity index (χ0n) is 19.9. The van der Waals surface area contributed by atoms with Crippen molar-refractivity contribution in [1.29, 1.82) is 0 Å². The fourth-order valence-corrected chi connectivity index (χ4v) is 3.93. The van der Waals surface area contributed by atoms with E-state index in [1.165, 1.54) is 11.9 Å². The van der Waals surface area contributed by atoms with Crippen molar-refractivity contribution < 1.29 is 9.53 Å². The molecule has 0 aliphatic carbocycles. The van der Waals surface area contributed by atoms with E-state index in [4.69, 9.17) is 4.74 Å². The number of hydrogen-bond acceptors (Lipinski definition) is 5. The highest BCUT2D eigenvalue weighted by atomic mass is 16.5. The highest BCUT2D eigenvalue weighted by Gasteiger charge is 2.19. The molecular weight excluding hydrogens is 440 g/mol. The summed E-state index contributed by atoms with van der Waals surface area (Å²) in [4.78, 5) is 23.4. The molecule has 0 N–H and O–H groups in total. The third-order valence-corrected chi connectivity index (χ3v) is 6.10. The third kappa shape index (κ3) is 4.77. The van der Waals surface area contributed by atoms with Gasteiger partial charge in [0.2, 0.25) is 0 Å². The zero-order valence-corrected chi connectivity index (χ0v) is 19.9. The first-order valence-electron chi connectivity index (χ1n) is 11.4. The second-order valence-corrected chi connectivity index (χ2v) is 8.54. The lowest BCUT2D eigenvalue weighted by Crippen LogP contribution is -2.29. The van der Waals surface area contributed by atoms with Gasteiger partial charge in [0.1, 0.15) is 30.7 Å². The zero-order chi connectivity index (χ0) is 24.4. The topological polar surface area (TPSA) is 77.5 Å². The number of fused-ring (bicyclic) bond motifs is 1. The maximum atomic E-state index is 13.1. The average molecular weight is 467 g/mol. The normalized spacial score (nSPS) is 12.0. The molecule has 0 bridgehead atoms. The van der Waals surface area contributed by atoms with Crippen LogP contribution in [0.1, 0.15) is 40.1 Å². The summed E-state index contributed by atoms with van der Waals surface area (Å²) in [5.41, 5.74) is 5.47. The molecule has 2 aromatic carbocycles. The van der Waals surface area contributed by atoms with E-state index in [-0.39, 0.29) is 11.9 Å². The lowest BCUT2D eigenvalue weighted by Gasteiger charge is -2.25. The molecule has 1 unspecified atom stereocenters. The maximum Gasteiger partial charge on any atom is 0.254 e. The Bertz CT molecular complexity index is 1440. The smallest absolute Gasteiger partial charge is 0.254 e. The fourth-order valence-electron chi connectivity index (χ4n) is 3.93. The van der Waals surface area contributed by atoms with E-state index in [0.29, 0.717) is 17.9 Å². The monoisotopic (exact) mass is 466 g/mol. The molecule has 3 aromatic heterocycles. The van der Waals surface area contributed by atoms with Gasteiger partial charge in [-0.1, -0.05) is 18.2 Å². The van der Waals surface area contributed by atoms with Gasteiger partial charge in [-0.05, 0) is 67.4 Å². The predicted molar refractivity (Wildman–Crippen MR) is 133 cm³/mol. The first-order valence-corrected chi connectivity index (χ1v) is 11.4. The molecular formula is C27H26N6O2. The number of amides is 1. The molecule has 5 rings (SSSR count). The predicted octanol–water partition coefficient (Wildman–Crippen LogP) is 4.64. The van der Waals surface area contributed by atoms with Crippen LogP contribution in [0.25, 0.3) is 11.3 Å². The quantitative estimate of drug-likeness (QED) is 0.349. The summed E-state index contributed by atoms with van der Waals surface area (Å²) >= 11 is 0. The van der Waals surface area contributed by atoms with Crippen molar-refractivity contribution in [2.45, 2.75) is 26.5 Å². The number of benzene rings is 2. The molecule has 1 atom stereocenters. The lowest BCUT2D eigenvalue weighted by molar-refractivity contribution is 0.0742. The molecule has 0 spiro atoms. The van der Waals surface area contributed by atoms with E-state index < -0.39 is 0 Å². The summed E-state index contributed by atoms with van der Waals surface area (Å²) in [6.07, 6.45) is 7.16. The van der Waals surface area contributed by atoms with E-state index in [9.17, 15) is 4.79 Å². The minimum absolute atomic E-state index is 0.0554. The molecule has 0 radical (unpaired) electrons. The van der Waals surface area contributed by atoms with Crippen molar-refractivity contribution in [3.8, 4) is 11.4 Å². The standard InChI is InChI=1S/C27H26N6O2/c1-19-4-13-26-30-23(15-32(26)14-19)16-35-25-11-7-22(8-12-25)27(34)31(3)20(2)21-5-9-24(10-6-21)33-18-28-17-29-33/h4-15,17-18,20H,16H2,1-3H3. The van der Waals surface area contributed by atoms with Crippen LogP contribution in [0.4, 0.5) is 0 Å². The number of nitrogens with zero attached hydrogens (tertiary/aromatic N) is 6. The van der Waals surface area contributed by atoms with Crippen molar-refractivity contribution in [2.24, 2.45) is 0 Å². The first kappa shape index (κ1) is 22.3.